The highest BCUT2D eigenvalue weighted by Gasteiger charge is 2.18. The molecule has 0 aliphatic heterocycles. The topological polar surface area (TPSA) is 64.6 Å². The maximum absolute atomic E-state index is 12.5. The summed E-state index contributed by atoms with van der Waals surface area (Å²) in [4.78, 5) is 0.165. The predicted octanol–water partition coefficient (Wildman–Crippen LogP) is 4.47. The Morgan fingerprint density at radius 2 is 1.76 bits per heavy atom. The van der Waals surface area contributed by atoms with Crippen molar-refractivity contribution in [2.24, 2.45) is 0 Å². The van der Waals surface area contributed by atoms with E-state index in [1.165, 1.54) is 38.2 Å². The molecule has 0 atom stereocenters. The highest BCUT2D eigenvalue weighted by molar-refractivity contribution is 7.92. The standard InChI is InChI=1S/C18H20ClNO4S/c1-23-18-11-6-13(12-17(18)19)20-25(21,22)16-9-7-15(8-10-16)24-14-4-2-3-5-14/h6-12,14,20H,2-5H2,1H3. The molecular formula is C18H20ClNO4S. The number of benzene rings is 2. The smallest absolute Gasteiger partial charge is 0.261 e. The number of sulfonamides is 1. The van der Waals surface area contributed by atoms with Crippen molar-refractivity contribution < 1.29 is 17.9 Å². The van der Waals surface area contributed by atoms with Crippen molar-refractivity contribution in [1.82, 2.24) is 0 Å². The molecule has 1 aliphatic rings. The fraction of sp³-hybridized carbons (Fsp3) is 0.333. The van der Waals surface area contributed by atoms with E-state index in [0.717, 1.165) is 12.8 Å². The van der Waals surface area contributed by atoms with Gasteiger partial charge in [0.2, 0.25) is 0 Å². The molecule has 7 heteroatoms. The van der Waals surface area contributed by atoms with Crippen molar-refractivity contribution in [1.29, 1.82) is 0 Å². The van der Waals surface area contributed by atoms with Crippen molar-refractivity contribution in [2.45, 2.75) is 36.7 Å². The molecule has 0 heterocycles. The molecule has 1 aliphatic carbocycles. The summed E-state index contributed by atoms with van der Waals surface area (Å²) in [5.74, 6) is 1.18. The van der Waals surface area contributed by atoms with Crippen molar-refractivity contribution in [3.63, 3.8) is 0 Å². The van der Waals surface area contributed by atoms with Crippen LogP contribution < -0.4 is 14.2 Å². The van der Waals surface area contributed by atoms with E-state index in [4.69, 9.17) is 21.1 Å². The zero-order valence-corrected chi connectivity index (χ0v) is 15.4. The van der Waals surface area contributed by atoms with Gasteiger partial charge in [-0.3, -0.25) is 4.72 Å². The van der Waals surface area contributed by atoms with Gasteiger partial charge in [0, 0.05) is 0 Å². The number of nitrogens with one attached hydrogen (secondary N) is 1. The monoisotopic (exact) mass is 381 g/mol. The highest BCUT2D eigenvalue weighted by atomic mass is 35.5. The third kappa shape index (κ3) is 4.38. The lowest BCUT2D eigenvalue weighted by Gasteiger charge is -2.14. The second-order valence-corrected chi connectivity index (χ2v) is 8.04. The van der Waals surface area contributed by atoms with Crippen LogP contribution in [0.4, 0.5) is 5.69 Å². The van der Waals surface area contributed by atoms with E-state index in [0.29, 0.717) is 22.2 Å². The Kier molecular flexibility index (Phi) is 5.39. The van der Waals surface area contributed by atoms with Crippen molar-refractivity contribution in [2.75, 3.05) is 11.8 Å². The molecule has 134 valence electrons. The van der Waals surface area contributed by atoms with E-state index in [2.05, 4.69) is 4.72 Å². The van der Waals surface area contributed by atoms with E-state index in [-0.39, 0.29) is 11.0 Å². The Balaban J connectivity index is 1.72. The van der Waals surface area contributed by atoms with Gasteiger partial charge in [-0.1, -0.05) is 11.6 Å². The van der Waals surface area contributed by atoms with Gasteiger partial charge in [0.1, 0.15) is 11.5 Å². The maximum atomic E-state index is 12.5. The first-order valence-corrected chi connectivity index (χ1v) is 9.97. The first-order valence-electron chi connectivity index (χ1n) is 8.11. The highest BCUT2D eigenvalue weighted by Crippen LogP contribution is 2.29. The third-order valence-corrected chi connectivity index (χ3v) is 5.84. The molecule has 2 aromatic rings. The molecule has 1 fully saturated rings. The van der Waals surface area contributed by atoms with E-state index in [9.17, 15) is 8.42 Å². The molecule has 25 heavy (non-hydrogen) atoms. The van der Waals surface area contributed by atoms with Crippen LogP contribution in [0.2, 0.25) is 5.02 Å². The van der Waals surface area contributed by atoms with Gasteiger partial charge in [0.25, 0.3) is 10.0 Å². The Morgan fingerprint density at radius 3 is 2.36 bits per heavy atom. The molecule has 2 aromatic carbocycles. The molecular weight excluding hydrogens is 362 g/mol. The quantitative estimate of drug-likeness (QED) is 0.801. The second-order valence-electron chi connectivity index (χ2n) is 5.95. The van der Waals surface area contributed by atoms with Gasteiger partial charge in [-0.05, 0) is 68.1 Å². The Bertz CT molecular complexity index is 831. The number of rotatable bonds is 6. The summed E-state index contributed by atoms with van der Waals surface area (Å²) in [5, 5.41) is 0.336. The van der Waals surface area contributed by atoms with Gasteiger partial charge in [-0.2, -0.15) is 0 Å². The number of anilines is 1. The summed E-state index contributed by atoms with van der Waals surface area (Å²) in [6.07, 6.45) is 4.72. The largest absolute Gasteiger partial charge is 0.495 e. The van der Waals surface area contributed by atoms with Crippen LogP contribution in [0.15, 0.2) is 47.4 Å². The molecule has 0 radical (unpaired) electrons. The van der Waals surface area contributed by atoms with E-state index >= 15 is 0 Å². The minimum atomic E-state index is -3.70. The van der Waals surface area contributed by atoms with Gasteiger partial charge >= 0.3 is 0 Å². The minimum absolute atomic E-state index is 0.165. The van der Waals surface area contributed by atoms with E-state index in [1.54, 1.807) is 24.3 Å². The van der Waals surface area contributed by atoms with Crippen molar-refractivity contribution in [3.8, 4) is 11.5 Å². The van der Waals surface area contributed by atoms with Crippen LogP contribution in [0.25, 0.3) is 0 Å². The van der Waals surface area contributed by atoms with E-state index in [1.807, 2.05) is 0 Å². The first kappa shape index (κ1) is 17.9. The van der Waals surface area contributed by atoms with Crippen LogP contribution in [-0.2, 0) is 10.0 Å². The average molecular weight is 382 g/mol. The Morgan fingerprint density at radius 1 is 1.08 bits per heavy atom. The summed E-state index contributed by atoms with van der Waals surface area (Å²) in [7, 11) is -2.20. The molecule has 0 unspecified atom stereocenters. The van der Waals surface area contributed by atoms with Gasteiger partial charge in [0.15, 0.2) is 0 Å². The summed E-state index contributed by atoms with van der Waals surface area (Å²) in [6, 6.07) is 11.2. The molecule has 3 rings (SSSR count). The molecule has 0 spiro atoms. The number of methoxy groups -OCH3 is 1. The molecule has 0 aromatic heterocycles. The average Bonchev–Trinajstić information content (AvgIpc) is 3.08. The van der Waals surface area contributed by atoms with E-state index < -0.39 is 10.0 Å². The second kappa shape index (κ2) is 7.54. The first-order chi connectivity index (χ1) is 12.0. The normalized spacial score (nSPS) is 15.1. The number of hydrogen-bond acceptors (Lipinski definition) is 4. The molecule has 0 saturated heterocycles. The Hall–Kier alpha value is -1.92. The van der Waals surface area contributed by atoms with Crippen LogP contribution >= 0.6 is 11.6 Å². The summed E-state index contributed by atoms with van der Waals surface area (Å²) < 4.78 is 38.4. The summed E-state index contributed by atoms with van der Waals surface area (Å²) in [5.41, 5.74) is 0.372. The molecule has 0 amide bonds. The van der Waals surface area contributed by atoms with Crippen LogP contribution in [0.1, 0.15) is 25.7 Å². The van der Waals surface area contributed by atoms with Crippen LogP contribution in [-0.4, -0.2) is 21.6 Å². The summed E-state index contributed by atoms with van der Waals surface area (Å²) in [6.45, 7) is 0. The molecule has 5 nitrogen and oxygen atoms in total. The van der Waals surface area contributed by atoms with Gasteiger partial charge in [-0.25, -0.2) is 8.42 Å². The molecule has 1 N–H and O–H groups in total. The molecule has 1 saturated carbocycles. The SMILES string of the molecule is COc1ccc(NS(=O)(=O)c2ccc(OC3CCCC3)cc2)cc1Cl. The number of halogens is 1. The molecule has 0 bridgehead atoms. The van der Waals surface area contributed by atoms with Gasteiger partial charge in [-0.15, -0.1) is 0 Å². The van der Waals surface area contributed by atoms with Crippen LogP contribution in [0.3, 0.4) is 0 Å². The minimum Gasteiger partial charge on any atom is -0.495 e. The number of hydrogen-bond donors (Lipinski definition) is 1. The fourth-order valence-corrected chi connectivity index (χ4v) is 4.15. The number of ether oxygens (including phenoxy) is 2. The lowest BCUT2D eigenvalue weighted by Crippen LogP contribution is -2.13. The van der Waals surface area contributed by atoms with Crippen molar-refractivity contribution in [3.05, 3.63) is 47.5 Å². The lowest BCUT2D eigenvalue weighted by molar-refractivity contribution is 0.210. The van der Waals surface area contributed by atoms with Gasteiger partial charge < -0.3 is 9.47 Å². The predicted molar refractivity (Wildman–Crippen MR) is 98.1 cm³/mol. The van der Waals surface area contributed by atoms with Gasteiger partial charge in [0.05, 0.1) is 28.8 Å². The zero-order chi connectivity index (χ0) is 17.9. The van der Waals surface area contributed by atoms with Crippen LogP contribution in [0.5, 0.6) is 11.5 Å². The summed E-state index contributed by atoms with van der Waals surface area (Å²) >= 11 is 6.03. The lowest BCUT2D eigenvalue weighted by atomic mass is 10.3. The maximum Gasteiger partial charge on any atom is 0.261 e. The zero-order valence-electron chi connectivity index (χ0n) is 13.9. The van der Waals surface area contributed by atoms with Crippen molar-refractivity contribution >= 4 is 27.3 Å². The fourth-order valence-electron chi connectivity index (χ4n) is 2.84. The van der Waals surface area contributed by atoms with Crippen LogP contribution in [0, 0.1) is 0 Å². The third-order valence-electron chi connectivity index (χ3n) is 4.14. The Labute approximate surface area is 153 Å².